The molecule has 1 atom stereocenters. The maximum Gasteiger partial charge on any atom is 0.0840 e. The maximum atomic E-state index is 13.4. The first-order chi connectivity index (χ1) is 40.7. The quantitative estimate of drug-likeness (QED) is 0.111. The molecule has 21 heteroatoms. The second-order valence-electron chi connectivity index (χ2n) is 19.2. The molecule has 90 heavy (non-hydrogen) atoms. The van der Waals surface area contributed by atoms with Crippen molar-refractivity contribution in [3.8, 4) is 56.3 Å². The van der Waals surface area contributed by atoms with E-state index in [0.29, 0.717) is 17.3 Å². The Morgan fingerprint density at radius 3 is 1.30 bits per heavy atom. The van der Waals surface area contributed by atoms with Gasteiger partial charge in [-0.1, -0.05) is 66.6 Å². The molecule has 0 bridgehead atoms. The average Bonchev–Trinajstić information content (AvgIpc) is 4.36. The number of hydrogen-bond donors (Lipinski definition) is 0. The van der Waals surface area contributed by atoms with Gasteiger partial charge in [0, 0.05) is 213 Å². The van der Waals surface area contributed by atoms with E-state index in [0.717, 1.165) is 81.5 Å². The predicted molar refractivity (Wildman–Crippen MR) is 322 cm³/mol. The van der Waals surface area contributed by atoms with Gasteiger partial charge in [0.2, 0.25) is 0 Å². The first-order valence-corrected chi connectivity index (χ1v) is 26.5. The molecule has 0 fully saturated rings. The minimum atomic E-state index is -0.649. The molecular weight excluding hydrogens is 2210 g/mol. The van der Waals surface area contributed by atoms with Crippen LogP contribution in [0.25, 0.3) is 62.0 Å². The molecular formula is C69H59F4Ir6N11-6. The summed E-state index contributed by atoms with van der Waals surface area (Å²) in [6.07, 6.45) is 18.4. The van der Waals surface area contributed by atoms with Crippen LogP contribution < -0.4 is 0 Å². The van der Waals surface area contributed by atoms with Crippen LogP contribution in [0, 0.1) is 79.4 Å². The number of benzene rings is 7. The van der Waals surface area contributed by atoms with Gasteiger partial charge in [0.05, 0.1) is 31.6 Å². The fraction of sp³-hybridized carbons (Fsp3) is 0.130. The zero-order valence-corrected chi connectivity index (χ0v) is 63.8. The molecule has 12 aromatic rings. The number of hydrogen-bond acceptors (Lipinski definition) is 6. The zero-order chi connectivity index (χ0) is 59.4. The van der Waals surface area contributed by atoms with Crippen molar-refractivity contribution in [2.45, 2.75) is 27.3 Å². The molecule has 0 amide bonds. The van der Waals surface area contributed by atoms with E-state index in [1.807, 2.05) is 165 Å². The average molecular weight is 2270 g/mol. The molecule has 13 rings (SSSR count). The minimum absolute atomic E-state index is 0. The summed E-state index contributed by atoms with van der Waals surface area (Å²) in [6, 6.07) is 63.4. The third-order valence-corrected chi connectivity index (χ3v) is 12.7. The smallest absolute Gasteiger partial charge is 0.0840 e. The van der Waals surface area contributed by atoms with Crippen molar-refractivity contribution >= 4 is 11.9 Å². The van der Waals surface area contributed by atoms with Crippen molar-refractivity contribution in [1.29, 1.82) is 0 Å². The van der Waals surface area contributed by atoms with Crippen molar-refractivity contribution in [1.82, 2.24) is 47.8 Å². The summed E-state index contributed by atoms with van der Waals surface area (Å²) < 4.78 is 61.4. The summed E-state index contributed by atoms with van der Waals surface area (Å²) in [5.41, 5.74) is 12.8. The van der Waals surface area contributed by atoms with E-state index in [1.54, 1.807) is 41.4 Å². The van der Waals surface area contributed by atoms with Crippen molar-refractivity contribution < 1.29 is 138 Å². The van der Waals surface area contributed by atoms with Gasteiger partial charge < -0.3 is 27.8 Å². The third-order valence-electron chi connectivity index (χ3n) is 12.7. The number of rotatable bonds is 8. The van der Waals surface area contributed by atoms with Gasteiger partial charge in [-0.3, -0.25) is 42.5 Å². The number of nitrogens with zero attached hydrogens (tertiary/aromatic N) is 11. The topological polar surface area (TPSA) is 101 Å². The fourth-order valence-corrected chi connectivity index (χ4v) is 8.12. The molecule has 5 aromatic heterocycles. The number of halogens is 4. The van der Waals surface area contributed by atoms with Crippen LogP contribution >= 0.6 is 0 Å². The molecule has 6 radical (unpaired) electrons. The Bertz CT molecular complexity index is 4050. The number of aryl methyl sites for hydroxylation is 4. The van der Waals surface area contributed by atoms with Gasteiger partial charge in [-0.2, -0.15) is 0 Å². The second kappa shape index (κ2) is 40.5. The molecule has 1 unspecified atom stereocenters. The van der Waals surface area contributed by atoms with Crippen molar-refractivity contribution in [3.05, 3.63) is 290 Å². The molecule has 7 aromatic carbocycles. The third kappa shape index (κ3) is 23.7. The second-order valence-corrected chi connectivity index (χ2v) is 19.2. The first-order valence-electron chi connectivity index (χ1n) is 26.5. The molecule has 0 N–H and O–H groups in total. The molecule has 11 nitrogen and oxygen atoms in total. The van der Waals surface area contributed by atoms with Gasteiger partial charge in [0.15, 0.2) is 0 Å². The van der Waals surface area contributed by atoms with Crippen molar-refractivity contribution in [2.24, 2.45) is 39.1 Å². The van der Waals surface area contributed by atoms with E-state index in [9.17, 15) is 17.6 Å². The monoisotopic (exact) mass is 2280 g/mol. The summed E-state index contributed by atoms with van der Waals surface area (Å²) in [4.78, 5) is 25.2. The summed E-state index contributed by atoms with van der Waals surface area (Å²) in [5.74, 6) is -2.10. The SMILES string of the molecule is CC1C=NC(c2[c-]cccc2)=C1.Cc1c(-c2[c-]cc(F)cc2F)ncn1C.Cc1c(-c2[c-]cccc2)ncn1C.Cn1cnc(-c2[c-]cc(F)cc2F)c1.Cn1cnc(-c2[c-]cccc2)c1.[Ir].[Ir].[Ir].[Ir].[Ir].[Ir].[c-]1ccccc1-c1cn(Cc2ccccc2)cn1. The summed E-state index contributed by atoms with van der Waals surface area (Å²) >= 11 is 0. The normalized spacial score (nSPS) is 11.1. The molecule has 1 aliphatic heterocycles. The van der Waals surface area contributed by atoms with E-state index in [-0.39, 0.29) is 132 Å². The Morgan fingerprint density at radius 1 is 0.444 bits per heavy atom. The Balaban J connectivity index is 0.000000365. The first kappa shape index (κ1) is 79.7. The molecule has 0 saturated heterocycles. The standard InChI is InChI=1S/C16H13N2.C11H9F2N2.C11H11N2.C11H10N.C10H7F2N2.C10H9N2.6Ir/c1-3-7-14(8-4-1)11-18-12-16(17-13-18)15-9-5-2-6-10-15;1-7-11(14-6-15(7)2)9-4-3-8(12)5-10(9)13;1-9-11(12-8-13(9)2)10-6-4-3-5-7-10;1-9-7-11(12-8-9)10-5-3-2-4-6-10;1-14-5-10(13-6-14)8-3-2-7(11)4-9(8)12;1-12-7-10(11-8-12)9-5-3-2-4-6-9;;;;;;/h1-9,12-13H,11H2;3,5-6H,1-2H3;3-6,8H,1-2H3;2-5,7-9H,1H3;2,4-6H,1H3;2-5,7-8H,1H3;;;;;;/q6*-1;;;;;;. The van der Waals surface area contributed by atoms with Crippen molar-refractivity contribution in [2.75, 3.05) is 0 Å². The van der Waals surface area contributed by atoms with E-state index in [4.69, 9.17) is 0 Å². The van der Waals surface area contributed by atoms with Crippen LogP contribution in [0.15, 0.2) is 213 Å². The van der Waals surface area contributed by atoms with Gasteiger partial charge >= 0.3 is 0 Å². The van der Waals surface area contributed by atoms with Crippen LogP contribution in [0.3, 0.4) is 0 Å². The fourth-order valence-electron chi connectivity index (χ4n) is 8.12. The molecule has 478 valence electrons. The predicted octanol–water partition coefficient (Wildman–Crippen LogP) is 14.7. The summed E-state index contributed by atoms with van der Waals surface area (Å²) in [6.45, 7) is 6.85. The van der Waals surface area contributed by atoms with Gasteiger partial charge in [-0.05, 0) is 61.3 Å². The van der Waals surface area contributed by atoms with Gasteiger partial charge in [0.1, 0.15) is 0 Å². The summed E-state index contributed by atoms with van der Waals surface area (Å²) in [5, 5.41) is 0. The maximum absolute atomic E-state index is 13.4. The Kier molecular flexibility index (Phi) is 35.8. The van der Waals surface area contributed by atoms with Crippen LogP contribution in [0.5, 0.6) is 0 Å². The van der Waals surface area contributed by atoms with Crippen LogP contribution in [0.1, 0.15) is 29.4 Å². The van der Waals surface area contributed by atoms with E-state index < -0.39 is 23.3 Å². The van der Waals surface area contributed by atoms with Gasteiger partial charge in [-0.25, -0.2) is 0 Å². The molecule has 0 aliphatic carbocycles. The number of allylic oxidation sites excluding steroid dienone is 1. The summed E-state index contributed by atoms with van der Waals surface area (Å²) in [7, 11) is 7.54. The Labute approximate surface area is 604 Å². The van der Waals surface area contributed by atoms with Crippen LogP contribution in [-0.4, -0.2) is 54.0 Å². The van der Waals surface area contributed by atoms with E-state index in [2.05, 4.69) is 121 Å². The number of aliphatic imine (C=N–C) groups is 1. The molecule has 0 saturated carbocycles. The molecule has 0 spiro atoms. The van der Waals surface area contributed by atoms with Crippen LogP contribution in [0.4, 0.5) is 17.6 Å². The van der Waals surface area contributed by atoms with E-state index >= 15 is 0 Å². The zero-order valence-electron chi connectivity index (χ0n) is 49.4. The Morgan fingerprint density at radius 2 is 0.878 bits per heavy atom. The van der Waals surface area contributed by atoms with E-state index in [1.165, 1.54) is 11.3 Å². The minimum Gasteiger partial charge on any atom is -0.350 e. The van der Waals surface area contributed by atoms with Crippen LogP contribution in [0.2, 0.25) is 0 Å². The largest absolute Gasteiger partial charge is 0.350 e. The van der Waals surface area contributed by atoms with Crippen LogP contribution in [-0.2, 0) is 155 Å². The Hall–Kier alpha value is -6.38. The number of aromatic nitrogens is 10. The number of imidazole rings is 5. The molecule has 6 heterocycles. The van der Waals surface area contributed by atoms with Crippen molar-refractivity contribution in [3.63, 3.8) is 0 Å². The van der Waals surface area contributed by atoms with Gasteiger partial charge in [0.25, 0.3) is 0 Å². The molecule has 1 aliphatic rings. The van der Waals surface area contributed by atoms with Gasteiger partial charge in [-0.15, -0.1) is 168 Å².